The Kier molecular flexibility index (Phi) is 5.83. The Hall–Kier alpha value is -1.49. The summed E-state index contributed by atoms with van der Waals surface area (Å²) in [5.41, 5.74) is 1.21. The molecule has 6 rings (SSSR count). The molecule has 2 amide bonds. The lowest BCUT2D eigenvalue weighted by molar-refractivity contribution is -0.127. The van der Waals surface area contributed by atoms with Crippen molar-refractivity contribution in [2.75, 3.05) is 25.4 Å². The van der Waals surface area contributed by atoms with Gasteiger partial charge in [-0.1, -0.05) is 12.1 Å². The van der Waals surface area contributed by atoms with Gasteiger partial charge in [0.05, 0.1) is 11.3 Å². The number of nitrogens with one attached hydrogen (secondary N) is 1. The molecule has 0 spiro atoms. The summed E-state index contributed by atoms with van der Waals surface area (Å²) in [6.07, 6.45) is 11.9. The second-order valence-electron chi connectivity index (χ2n) is 10.3. The van der Waals surface area contributed by atoms with Gasteiger partial charge < -0.3 is 10.2 Å². The largest absolute Gasteiger partial charge is 0.352 e. The van der Waals surface area contributed by atoms with E-state index in [0.717, 1.165) is 61.5 Å². The molecule has 5 aliphatic rings. The van der Waals surface area contributed by atoms with E-state index in [1.807, 2.05) is 29.2 Å². The van der Waals surface area contributed by atoms with E-state index in [2.05, 4.69) is 5.32 Å². The summed E-state index contributed by atoms with van der Waals surface area (Å²) in [6, 6.07) is 7.73. The lowest BCUT2D eigenvalue weighted by atomic mass is 9.49. The third-order valence-corrected chi connectivity index (χ3v) is 9.11. The smallest absolute Gasteiger partial charge is 0.252 e. The first-order valence-corrected chi connectivity index (χ1v) is 12.9. The van der Waals surface area contributed by atoms with Gasteiger partial charge in [-0.05, 0) is 93.1 Å². The predicted octanol–water partition coefficient (Wildman–Crippen LogP) is 4.74. The fourth-order valence-corrected chi connectivity index (χ4v) is 8.06. The van der Waals surface area contributed by atoms with Gasteiger partial charge in [0.25, 0.3) is 5.91 Å². The normalized spacial score (nSPS) is 31.9. The minimum Gasteiger partial charge on any atom is -0.352 e. The van der Waals surface area contributed by atoms with Crippen LogP contribution in [0.4, 0.5) is 0 Å². The molecule has 1 aromatic rings. The Morgan fingerprint density at radius 2 is 1.63 bits per heavy atom. The fraction of sp³-hybridized carbons (Fsp3) is 0.680. The second-order valence-corrected chi connectivity index (χ2v) is 11.3. The molecule has 30 heavy (non-hydrogen) atoms. The van der Waals surface area contributed by atoms with Crippen LogP contribution in [0.3, 0.4) is 0 Å². The first kappa shape index (κ1) is 20.4. The van der Waals surface area contributed by atoms with Crippen LogP contribution in [-0.2, 0) is 4.79 Å². The molecule has 1 heterocycles. The number of rotatable bonds is 7. The predicted molar refractivity (Wildman–Crippen MR) is 121 cm³/mol. The zero-order valence-corrected chi connectivity index (χ0v) is 18.7. The Balaban J connectivity index is 1.15. The van der Waals surface area contributed by atoms with Crippen molar-refractivity contribution in [2.24, 2.45) is 23.2 Å². The van der Waals surface area contributed by atoms with E-state index in [0.29, 0.717) is 16.7 Å². The minimum atomic E-state index is 0.0106. The Bertz CT molecular complexity index is 767. The van der Waals surface area contributed by atoms with Crippen LogP contribution in [0, 0.1) is 23.2 Å². The summed E-state index contributed by atoms with van der Waals surface area (Å²) in [5, 5.41) is 3.21. The van der Waals surface area contributed by atoms with Crippen molar-refractivity contribution in [3.63, 3.8) is 0 Å². The van der Waals surface area contributed by atoms with Crippen LogP contribution in [-0.4, -0.2) is 42.1 Å². The summed E-state index contributed by atoms with van der Waals surface area (Å²) in [4.78, 5) is 28.2. The number of amides is 2. The van der Waals surface area contributed by atoms with Crippen LogP contribution in [0.5, 0.6) is 0 Å². The monoisotopic (exact) mass is 426 g/mol. The van der Waals surface area contributed by atoms with E-state index in [1.54, 1.807) is 0 Å². The van der Waals surface area contributed by atoms with Crippen molar-refractivity contribution < 1.29 is 9.59 Å². The number of hydrogen-bond acceptors (Lipinski definition) is 3. The van der Waals surface area contributed by atoms with Crippen LogP contribution >= 0.6 is 11.8 Å². The lowest BCUT2D eigenvalue weighted by Crippen LogP contribution is -2.47. The molecule has 5 fully saturated rings. The van der Waals surface area contributed by atoms with Gasteiger partial charge in [0.2, 0.25) is 5.91 Å². The molecule has 0 atom stereocenters. The van der Waals surface area contributed by atoms with E-state index >= 15 is 0 Å². The quantitative estimate of drug-likeness (QED) is 0.641. The molecule has 0 unspecified atom stereocenters. The fourth-order valence-electron chi connectivity index (χ4n) is 7.11. The molecular formula is C25H34N2O2S. The molecule has 0 radical (unpaired) electrons. The van der Waals surface area contributed by atoms with Crippen molar-refractivity contribution in [3.05, 3.63) is 29.8 Å². The van der Waals surface area contributed by atoms with Crippen LogP contribution < -0.4 is 5.32 Å². The van der Waals surface area contributed by atoms with Crippen LogP contribution in [0.15, 0.2) is 29.2 Å². The van der Waals surface area contributed by atoms with Gasteiger partial charge in [-0.15, -0.1) is 11.8 Å². The average molecular weight is 427 g/mol. The van der Waals surface area contributed by atoms with E-state index in [-0.39, 0.29) is 11.8 Å². The van der Waals surface area contributed by atoms with E-state index in [9.17, 15) is 9.59 Å². The van der Waals surface area contributed by atoms with Crippen molar-refractivity contribution in [3.8, 4) is 0 Å². The van der Waals surface area contributed by atoms with Crippen LogP contribution in [0.1, 0.15) is 68.1 Å². The minimum absolute atomic E-state index is 0.0106. The second kappa shape index (κ2) is 8.57. The highest BCUT2D eigenvalue weighted by Crippen LogP contribution is 2.61. The highest BCUT2D eigenvalue weighted by molar-refractivity contribution is 8.00. The van der Waals surface area contributed by atoms with Crippen LogP contribution in [0.2, 0.25) is 0 Å². The van der Waals surface area contributed by atoms with E-state index in [4.69, 9.17) is 0 Å². The van der Waals surface area contributed by atoms with Gasteiger partial charge in [-0.3, -0.25) is 9.59 Å². The number of nitrogens with zero attached hydrogens (tertiary/aromatic N) is 1. The van der Waals surface area contributed by atoms with E-state index in [1.165, 1.54) is 50.3 Å². The number of benzene rings is 1. The Labute approximate surface area is 184 Å². The number of thioether (sulfide) groups is 1. The topological polar surface area (TPSA) is 49.4 Å². The van der Waals surface area contributed by atoms with Crippen LogP contribution in [0.25, 0.3) is 0 Å². The molecular weight excluding hydrogens is 392 g/mol. The first-order chi connectivity index (χ1) is 14.6. The maximum absolute atomic E-state index is 12.9. The van der Waals surface area contributed by atoms with Gasteiger partial charge in [0.1, 0.15) is 0 Å². The summed E-state index contributed by atoms with van der Waals surface area (Å²) in [5.74, 6) is 3.48. The highest BCUT2D eigenvalue weighted by Gasteiger charge is 2.50. The molecule has 4 aliphatic carbocycles. The van der Waals surface area contributed by atoms with Crippen molar-refractivity contribution in [1.29, 1.82) is 0 Å². The summed E-state index contributed by atoms with van der Waals surface area (Å²) in [6.45, 7) is 2.54. The number of hydrogen-bond donors (Lipinski definition) is 1. The standard InChI is InChI=1S/C25H34N2O2S/c28-23(27-9-3-4-10-27)17-30-22-6-2-1-5-21(22)24(29)26-8-7-25-14-18-11-19(15-25)13-20(12-18)16-25/h1-2,5-6,18-20H,3-4,7-17H2,(H,26,29). The first-order valence-electron chi connectivity index (χ1n) is 11.9. The summed E-state index contributed by atoms with van der Waals surface area (Å²) in [7, 11) is 0. The van der Waals surface area contributed by atoms with Gasteiger partial charge in [-0.2, -0.15) is 0 Å². The zero-order chi connectivity index (χ0) is 20.6. The molecule has 162 valence electrons. The molecule has 1 N–H and O–H groups in total. The number of carbonyl (C=O) groups is 2. The zero-order valence-electron chi connectivity index (χ0n) is 17.9. The highest BCUT2D eigenvalue weighted by atomic mass is 32.2. The van der Waals surface area contributed by atoms with Crippen molar-refractivity contribution in [1.82, 2.24) is 10.2 Å². The van der Waals surface area contributed by atoms with Crippen molar-refractivity contribution >= 4 is 23.6 Å². The summed E-state index contributed by atoms with van der Waals surface area (Å²) >= 11 is 1.50. The molecule has 4 saturated carbocycles. The SMILES string of the molecule is O=C(NCCC12CC3CC(CC(C3)C1)C2)c1ccccc1SCC(=O)N1CCCC1. The Morgan fingerprint density at radius 1 is 1.00 bits per heavy atom. The molecule has 1 aliphatic heterocycles. The van der Waals surface area contributed by atoms with Crippen molar-refractivity contribution in [2.45, 2.75) is 62.7 Å². The third-order valence-electron chi connectivity index (χ3n) is 8.05. The molecule has 1 saturated heterocycles. The molecule has 4 nitrogen and oxygen atoms in total. The van der Waals surface area contributed by atoms with Gasteiger partial charge in [-0.25, -0.2) is 0 Å². The number of likely N-dealkylation sites (tertiary alicyclic amines) is 1. The third kappa shape index (κ3) is 4.28. The molecule has 4 bridgehead atoms. The van der Waals surface area contributed by atoms with Gasteiger partial charge in [0, 0.05) is 24.5 Å². The van der Waals surface area contributed by atoms with Gasteiger partial charge >= 0.3 is 0 Å². The number of carbonyl (C=O) groups excluding carboxylic acids is 2. The molecule has 5 heteroatoms. The maximum Gasteiger partial charge on any atom is 0.252 e. The maximum atomic E-state index is 12.9. The molecule has 0 aromatic heterocycles. The van der Waals surface area contributed by atoms with Gasteiger partial charge in [0.15, 0.2) is 0 Å². The van der Waals surface area contributed by atoms with E-state index < -0.39 is 0 Å². The summed E-state index contributed by atoms with van der Waals surface area (Å²) < 4.78 is 0. The average Bonchev–Trinajstić information content (AvgIpc) is 3.26. The Morgan fingerprint density at radius 3 is 2.30 bits per heavy atom. The lowest BCUT2D eigenvalue weighted by Gasteiger charge is -2.57. The molecule has 1 aromatic carbocycles.